The summed E-state index contributed by atoms with van der Waals surface area (Å²) in [5.41, 5.74) is 6.11. The average Bonchev–Trinajstić information content (AvgIpc) is 3.13. The molecule has 152 valence electrons. The maximum absolute atomic E-state index is 12.5. The number of nitrogens with one attached hydrogen (secondary N) is 1. The van der Waals surface area contributed by atoms with E-state index in [-0.39, 0.29) is 5.56 Å². The fourth-order valence-corrected chi connectivity index (χ4v) is 3.99. The minimum atomic E-state index is -0.407. The van der Waals surface area contributed by atoms with Gasteiger partial charge in [0.25, 0.3) is 11.5 Å². The van der Waals surface area contributed by atoms with Crippen molar-refractivity contribution in [2.24, 2.45) is 0 Å². The average molecular weight is 408 g/mol. The lowest BCUT2D eigenvalue weighted by molar-refractivity contribution is -0.112. The lowest BCUT2D eigenvalue weighted by Crippen LogP contribution is -2.32. The Hall–Kier alpha value is -4.19. The third kappa shape index (κ3) is 3.28. The summed E-state index contributed by atoms with van der Waals surface area (Å²) in [6.45, 7) is 3.02. The highest BCUT2D eigenvalue weighted by Crippen LogP contribution is 2.29. The molecule has 0 fully saturated rings. The molecule has 0 radical (unpaired) electrons. The van der Waals surface area contributed by atoms with E-state index in [1.165, 1.54) is 28.8 Å². The molecule has 0 bridgehead atoms. The van der Waals surface area contributed by atoms with E-state index in [1.54, 1.807) is 24.3 Å². The van der Waals surface area contributed by atoms with Gasteiger partial charge in [0, 0.05) is 34.4 Å². The van der Waals surface area contributed by atoms with Crippen molar-refractivity contribution in [3.8, 4) is 0 Å². The van der Waals surface area contributed by atoms with Crippen LogP contribution < -0.4 is 11.0 Å². The zero-order valence-corrected chi connectivity index (χ0v) is 16.9. The number of nitrogens with zero attached hydrogens (tertiary/aromatic N) is 3. The number of para-hydroxylation sites is 2. The van der Waals surface area contributed by atoms with Gasteiger partial charge in [-0.3, -0.25) is 15.0 Å². The van der Waals surface area contributed by atoms with Gasteiger partial charge in [0.05, 0.1) is 10.9 Å². The smallest absolute Gasteiger partial charge is 0.280 e. The van der Waals surface area contributed by atoms with Gasteiger partial charge in [0.15, 0.2) is 0 Å². The molecule has 2 heterocycles. The molecule has 0 aliphatic heterocycles. The van der Waals surface area contributed by atoms with Gasteiger partial charge in [0.1, 0.15) is 6.33 Å². The number of hydrogen-bond donors (Lipinski definition) is 1. The molecule has 3 aromatic carbocycles. The fourth-order valence-electron chi connectivity index (χ4n) is 3.99. The van der Waals surface area contributed by atoms with Crippen LogP contribution in [0.3, 0.4) is 0 Å². The minimum Gasteiger partial charge on any atom is -0.341 e. The maximum Gasteiger partial charge on any atom is 0.280 e. The molecule has 5 rings (SSSR count). The Bertz CT molecular complexity index is 1540. The van der Waals surface area contributed by atoms with Gasteiger partial charge in [-0.25, -0.2) is 9.66 Å². The molecular formula is C25H20N4O2. The molecule has 0 spiro atoms. The van der Waals surface area contributed by atoms with Gasteiger partial charge >= 0.3 is 0 Å². The first-order valence-corrected chi connectivity index (χ1v) is 10.1. The van der Waals surface area contributed by atoms with Crippen LogP contribution in [0.25, 0.3) is 38.8 Å². The van der Waals surface area contributed by atoms with Crippen LogP contribution in [0.15, 0.2) is 83.9 Å². The molecule has 0 saturated carbocycles. The summed E-state index contributed by atoms with van der Waals surface area (Å²) in [6, 6.07) is 21.5. The summed E-state index contributed by atoms with van der Waals surface area (Å²) in [5.74, 6) is -0.407. The van der Waals surface area contributed by atoms with Crippen molar-refractivity contribution in [3.63, 3.8) is 0 Å². The Labute approximate surface area is 178 Å². The van der Waals surface area contributed by atoms with Crippen molar-refractivity contribution in [3.05, 3.63) is 95.1 Å². The summed E-state index contributed by atoms with van der Waals surface area (Å²) >= 11 is 0. The van der Waals surface area contributed by atoms with E-state index in [2.05, 4.69) is 46.2 Å². The van der Waals surface area contributed by atoms with Gasteiger partial charge in [-0.05, 0) is 48.9 Å². The highest BCUT2D eigenvalue weighted by atomic mass is 16.2. The van der Waals surface area contributed by atoms with E-state index in [0.717, 1.165) is 22.2 Å². The fraction of sp³-hybridized carbons (Fsp3) is 0.0800. The number of carbonyl (C=O) groups excluding carboxylic acids is 1. The number of rotatable bonds is 4. The summed E-state index contributed by atoms with van der Waals surface area (Å²) in [6.07, 6.45) is 4.48. The van der Waals surface area contributed by atoms with E-state index >= 15 is 0 Å². The van der Waals surface area contributed by atoms with E-state index in [1.807, 2.05) is 24.3 Å². The molecule has 2 aromatic heterocycles. The number of fused-ring (bicyclic) bond motifs is 4. The van der Waals surface area contributed by atoms with Crippen molar-refractivity contribution in [1.82, 2.24) is 14.2 Å². The predicted octanol–water partition coefficient (Wildman–Crippen LogP) is 4.31. The Morgan fingerprint density at radius 1 is 0.968 bits per heavy atom. The summed E-state index contributed by atoms with van der Waals surface area (Å²) in [4.78, 5) is 29.1. The monoisotopic (exact) mass is 408 g/mol. The molecule has 0 aliphatic rings. The van der Waals surface area contributed by atoms with Crippen molar-refractivity contribution in [1.29, 1.82) is 0 Å². The number of benzene rings is 3. The Morgan fingerprint density at radius 2 is 1.71 bits per heavy atom. The topological polar surface area (TPSA) is 68.9 Å². The van der Waals surface area contributed by atoms with Gasteiger partial charge in [0.2, 0.25) is 0 Å². The Balaban J connectivity index is 1.44. The summed E-state index contributed by atoms with van der Waals surface area (Å²) < 4.78 is 3.39. The second kappa shape index (κ2) is 7.57. The van der Waals surface area contributed by atoms with Crippen LogP contribution in [0.4, 0.5) is 0 Å². The number of amides is 1. The molecule has 0 saturated heterocycles. The molecule has 0 unspecified atom stereocenters. The summed E-state index contributed by atoms with van der Waals surface area (Å²) in [5, 5.41) is 2.79. The van der Waals surface area contributed by atoms with Crippen LogP contribution in [0.1, 0.15) is 12.5 Å². The second-order valence-corrected chi connectivity index (χ2v) is 7.28. The SMILES string of the molecule is CCn1c2ccccc2c2cc(/C=C/C(=O)Nn3cnc4ccccc4c3=O)ccc21. The zero-order valence-electron chi connectivity index (χ0n) is 16.9. The van der Waals surface area contributed by atoms with Gasteiger partial charge in [-0.15, -0.1) is 0 Å². The van der Waals surface area contributed by atoms with Crippen LogP contribution in [0, 0.1) is 0 Å². The van der Waals surface area contributed by atoms with Gasteiger partial charge in [-0.1, -0.05) is 36.4 Å². The van der Waals surface area contributed by atoms with Crippen LogP contribution in [-0.4, -0.2) is 20.1 Å². The standard InChI is InChI=1S/C25H20N4O2/c1-2-28-22-10-6-4-7-18(22)20-15-17(11-13-23(20)28)12-14-24(30)27-29-16-26-21-9-5-3-8-19(21)25(29)31/h3-16H,2H2,1H3,(H,27,30)/b14-12+. The first kappa shape index (κ1) is 18.8. The van der Waals surface area contributed by atoms with Crippen LogP contribution in [-0.2, 0) is 11.3 Å². The Morgan fingerprint density at radius 3 is 2.55 bits per heavy atom. The molecule has 0 aliphatic carbocycles. The van der Waals surface area contributed by atoms with E-state index < -0.39 is 5.91 Å². The van der Waals surface area contributed by atoms with Crippen molar-refractivity contribution >= 4 is 44.7 Å². The number of aryl methyl sites for hydroxylation is 1. The molecule has 6 heteroatoms. The predicted molar refractivity (Wildman–Crippen MR) is 125 cm³/mol. The molecule has 5 aromatic rings. The molecule has 6 nitrogen and oxygen atoms in total. The number of aromatic nitrogens is 3. The Kier molecular flexibility index (Phi) is 4.59. The number of carbonyl (C=O) groups is 1. The molecule has 1 amide bonds. The quantitative estimate of drug-likeness (QED) is 0.451. The summed E-state index contributed by atoms with van der Waals surface area (Å²) in [7, 11) is 0. The van der Waals surface area contributed by atoms with Crippen molar-refractivity contribution < 1.29 is 4.79 Å². The molecule has 1 N–H and O–H groups in total. The van der Waals surface area contributed by atoms with E-state index in [9.17, 15) is 9.59 Å². The zero-order chi connectivity index (χ0) is 21.4. The lowest BCUT2D eigenvalue weighted by atomic mass is 10.1. The van der Waals surface area contributed by atoms with Crippen molar-refractivity contribution in [2.45, 2.75) is 13.5 Å². The van der Waals surface area contributed by atoms with Crippen molar-refractivity contribution in [2.75, 3.05) is 5.43 Å². The molecular weight excluding hydrogens is 388 g/mol. The third-order valence-electron chi connectivity index (χ3n) is 5.44. The highest BCUT2D eigenvalue weighted by Gasteiger charge is 2.09. The van der Waals surface area contributed by atoms with Gasteiger partial charge in [-0.2, -0.15) is 0 Å². The van der Waals surface area contributed by atoms with Gasteiger partial charge < -0.3 is 4.57 Å². The first-order chi connectivity index (χ1) is 15.2. The van der Waals surface area contributed by atoms with E-state index in [0.29, 0.717) is 10.9 Å². The second-order valence-electron chi connectivity index (χ2n) is 7.28. The van der Waals surface area contributed by atoms with Crippen LogP contribution in [0.2, 0.25) is 0 Å². The minimum absolute atomic E-state index is 0.318. The van der Waals surface area contributed by atoms with Crippen LogP contribution in [0.5, 0.6) is 0 Å². The first-order valence-electron chi connectivity index (χ1n) is 10.1. The van der Waals surface area contributed by atoms with E-state index in [4.69, 9.17) is 0 Å². The maximum atomic E-state index is 12.5. The molecule has 0 atom stereocenters. The normalized spacial score (nSPS) is 11.6. The van der Waals surface area contributed by atoms with Crippen LogP contribution >= 0.6 is 0 Å². The third-order valence-corrected chi connectivity index (χ3v) is 5.44. The lowest BCUT2D eigenvalue weighted by Gasteiger charge is -2.06. The largest absolute Gasteiger partial charge is 0.341 e. The molecule has 31 heavy (non-hydrogen) atoms. The number of hydrogen-bond acceptors (Lipinski definition) is 3. The highest BCUT2D eigenvalue weighted by molar-refractivity contribution is 6.09.